The number of hydrogen-bond donors (Lipinski definition) is 1. The number of hydrogen-bond acceptors (Lipinski definition) is 2. The molecule has 1 aliphatic rings. The fraction of sp³-hybridized carbons (Fsp3) is 0.455. The van der Waals surface area contributed by atoms with Gasteiger partial charge in [0.1, 0.15) is 11.5 Å². The normalized spacial score (nSPS) is 12.2. The van der Waals surface area contributed by atoms with E-state index < -0.39 is 0 Å². The van der Waals surface area contributed by atoms with Gasteiger partial charge >= 0.3 is 0 Å². The summed E-state index contributed by atoms with van der Waals surface area (Å²) in [5, 5.41) is 9.34. The lowest BCUT2D eigenvalue weighted by molar-refractivity contribution is 0.414. The van der Waals surface area contributed by atoms with Gasteiger partial charge in [-0.25, -0.2) is 0 Å². The highest BCUT2D eigenvalue weighted by Crippen LogP contribution is 2.33. The second-order valence-electron chi connectivity index (χ2n) is 6.67. The molecule has 1 N–H and O–H groups in total. The van der Waals surface area contributed by atoms with Gasteiger partial charge in [0.25, 0.3) is 0 Å². The Bertz CT molecular complexity index is 563. The zero-order valence-electron chi connectivity index (χ0n) is 15.8. The summed E-state index contributed by atoms with van der Waals surface area (Å²) in [5.41, 5.74) is 2.29. The van der Waals surface area contributed by atoms with E-state index >= 15 is 0 Å². The molecule has 1 aliphatic carbocycles. The van der Waals surface area contributed by atoms with Gasteiger partial charge in [-0.2, -0.15) is 0 Å². The Morgan fingerprint density at radius 2 is 1.21 bits per heavy atom. The Labute approximate surface area is 147 Å². The lowest BCUT2D eigenvalue weighted by atomic mass is 9.78. The van der Waals surface area contributed by atoms with E-state index in [0.717, 1.165) is 5.75 Å². The van der Waals surface area contributed by atoms with Crippen molar-refractivity contribution in [2.75, 3.05) is 7.11 Å². The molecule has 0 aliphatic heterocycles. The number of phenols is 1. The maximum absolute atomic E-state index is 9.34. The van der Waals surface area contributed by atoms with Crippen LogP contribution in [0.2, 0.25) is 0 Å². The van der Waals surface area contributed by atoms with Crippen LogP contribution in [0, 0.1) is 0 Å². The summed E-state index contributed by atoms with van der Waals surface area (Å²) in [7, 11) is 1.67. The molecule has 0 spiro atoms. The second-order valence-corrected chi connectivity index (χ2v) is 6.67. The largest absolute Gasteiger partial charge is 0.508 e. The molecule has 2 heteroatoms. The molecular formula is C22H32O2. The lowest BCUT2D eigenvalue weighted by Crippen LogP contribution is -2.18. The minimum absolute atomic E-state index is 0.0973. The van der Waals surface area contributed by atoms with Gasteiger partial charge in [-0.15, -0.1) is 0 Å². The maximum Gasteiger partial charge on any atom is 0.118 e. The fourth-order valence-corrected chi connectivity index (χ4v) is 2.05. The van der Waals surface area contributed by atoms with Crippen molar-refractivity contribution >= 4 is 0 Å². The molecule has 0 heterocycles. The highest BCUT2D eigenvalue weighted by atomic mass is 16.5. The van der Waals surface area contributed by atoms with E-state index in [4.69, 9.17) is 4.74 Å². The van der Waals surface area contributed by atoms with Gasteiger partial charge in [-0.3, -0.25) is 0 Å². The van der Waals surface area contributed by atoms with Gasteiger partial charge in [0.2, 0.25) is 0 Å². The van der Waals surface area contributed by atoms with Gasteiger partial charge in [0, 0.05) is 5.41 Å². The Morgan fingerprint density at radius 1 is 0.833 bits per heavy atom. The minimum atomic E-state index is -0.0973. The van der Waals surface area contributed by atoms with E-state index in [-0.39, 0.29) is 5.41 Å². The monoisotopic (exact) mass is 328 g/mol. The molecule has 0 aromatic heterocycles. The summed E-state index contributed by atoms with van der Waals surface area (Å²) in [4.78, 5) is 0. The van der Waals surface area contributed by atoms with Crippen molar-refractivity contribution < 1.29 is 9.84 Å². The first-order chi connectivity index (χ1) is 11.5. The van der Waals surface area contributed by atoms with Crippen LogP contribution < -0.4 is 4.74 Å². The topological polar surface area (TPSA) is 29.5 Å². The van der Waals surface area contributed by atoms with Crippen LogP contribution in [0.15, 0.2) is 48.5 Å². The Hall–Kier alpha value is -1.96. The van der Waals surface area contributed by atoms with Gasteiger partial charge < -0.3 is 9.84 Å². The maximum atomic E-state index is 9.34. The summed E-state index contributed by atoms with van der Waals surface area (Å²) < 4.78 is 5.17. The summed E-state index contributed by atoms with van der Waals surface area (Å²) >= 11 is 0. The molecule has 132 valence electrons. The Kier molecular flexibility index (Phi) is 8.39. The standard InChI is InChI=1S/C16H18O2.C3H6.C3H8/c1-16(2,12-4-8-14(17)9-5-12)13-6-10-15(18-3)11-7-13;1-2-3-1;1-3-2/h4-11,17H,1-3H3;1-3H2;3H2,1-2H3. The third kappa shape index (κ3) is 6.66. The number of phenolic OH excluding ortho intramolecular Hbond substituents is 1. The second kappa shape index (κ2) is 10.0. The molecule has 1 saturated carbocycles. The first-order valence-electron chi connectivity index (χ1n) is 8.89. The van der Waals surface area contributed by atoms with Crippen molar-refractivity contribution in [2.24, 2.45) is 0 Å². The molecule has 1 fully saturated rings. The van der Waals surface area contributed by atoms with Crippen molar-refractivity contribution in [3.05, 3.63) is 59.7 Å². The van der Waals surface area contributed by atoms with E-state index in [2.05, 4.69) is 39.8 Å². The predicted octanol–water partition coefficient (Wildman–Crippen LogP) is 6.31. The summed E-state index contributed by atoms with van der Waals surface area (Å²) in [6.45, 7) is 8.59. The SMILES string of the molecule is C1CC1.CCC.COc1ccc(C(C)(C)c2ccc(O)cc2)cc1. The van der Waals surface area contributed by atoms with Crippen molar-refractivity contribution in [2.45, 2.75) is 58.8 Å². The number of rotatable bonds is 3. The van der Waals surface area contributed by atoms with Crippen LogP contribution in [0.3, 0.4) is 0 Å². The lowest BCUT2D eigenvalue weighted by Gasteiger charge is -2.26. The summed E-state index contributed by atoms with van der Waals surface area (Å²) in [5.74, 6) is 1.16. The van der Waals surface area contributed by atoms with Crippen LogP contribution in [-0.2, 0) is 5.41 Å². The van der Waals surface area contributed by atoms with Crippen LogP contribution in [0.25, 0.3) is 0 Å². The molecule has 2 aromatic carbocycles. The van der Waals surface area contributed by atoms with E-state index in [1.54, 1.807) is 19.2 Å². The first kappa shape index (κ1) is 20.1. The highest BCUT2D eigenvalue weighted by Gasteiger charge is 2.22. The number of aromatic hydroxyl groups is 1. The molecule has 0 radical (unpaired) electrons. The van der Waals surface area contributed by atoms with Crippen LogP contribution in [0.5, 0.6) is 11.5 Å². The quantitative estimate of drug-likeness (QED) is 0.715. The Balaban J connectivity index is 0.000000409. The van der Waals surface area contributed by atoms with Crippen LogP contribution in [0.4, 0.5) is 0 Å². The average Bonchev–Trinajstić information content (AvgIpc) is 3.45. The van der Waals surface area contributed by atoms with Crippen LogP contribution >= 0.6 is 0 Å². The first-order valence-corrected chi connectivity index (χ1v) is 8.89. The van der Waals surface area contributed by atoms with Gasteiger partial charge in [0.15, 0.2) is 0 Å². The molecule has 24 heavy (non-hydrogen) atoms. The summed E-state index contributed by atoms with van der Waals surface area (Å²) in [6, 6.07) is 15.5. The van der Waals surface area contributed by atoms with E-state index in [1.165, 1.54) is 36.8 Å². The molecule has 0 bridgehead atoms. The number of methoxy groups -OCH3 is 1. The van der Waals surface area contributed by atoms with Gasteiger partial charge in [-0.1, -0.05) is 77.6 Å². The number of ether oxygens (including phenoxy) is 1. The molecule has 0 saturated heterocycles. The molecule has 0 atom stereocenters. The van der Waals surface area contributed by atoms with Crippen molar-refractivity contribution in [1.29, 1.82) is 0 Å². The fourth-order valence-electron chi connectivity index (χ4n) is 2.05. The molecule has 0 amide bonds. The molecule has 0 unspecified atom stereocenters. The number of benzene rings is 2. The molecule has 2 aromatic rings. The predicted molar refractivity (Wildman–Crippen MR) is 103 cm³/mol. The summed E-state index contributed by atoms with van der Waals surface area (Å²) in [6.07, 6.45) is 5.75. The van der Waals surface area contributed by atoms with Crippen LogP contribution in [0.1, 0.15) is 64.5 Å². The van der Waals surface area contributed by atoms with Crippen LogP contribution in [-0.4, -0.2) is 12.2 Å². The van der Waals surface area contributed by atoms with E-state index in [1.807, 2.05) is 24.3 Å². The van der Waals surface area contributed by atoms with Crippen molar-refractivity contribution in [3.63, 3.8) is 0 Å². The third-order valence-electron chi connectivity index (χ3n) is 3.75. The molecule has 3 rings (SSSR count). The zero-order chi connectivity index (χ0) is 18.0. The van der Waals surface area contributed by atoms with Gasteiger partial charge in [0.05, 0.1) is 7.11 Å². The van der Waals surface area contributed by atoms with Crippen molar-refractivity contribution in [3.8, 4) is 11.5 Å². The van der Waals surface area contributed by atoms with Gasteiger partial charge in [-0.05, 0) is 35.4 Å². The van der Waals surface area contributed by atoms with E-state index in [0.29, 0.717) is 5.75 Å². The Morgan fingerprint density at radius 3 is 1.54 bits per heavy atom. The zero-order valence-corrected chi connectivity index (χ0v) is 15.8. The molecule has 2 nitrogen and oxygen atoms in total. The van der Waals surface area contributed by atoms with E-state index in [9.17, 15) is 5.11 Å². The smallest absolute Gasteiger partial charge is 0.118 e. The third-order valence-corrected chi connectivity index (χ3v) is 3.75. The highest BCUT2D eigenvalue weighted by molar-refractivity contribution is 5.41. The van der Waals surface area contributed by atoms with Crippen molar-refractivity contribution in [1.82, 2.24) is 0 Å². The minimum Gasteiger partial charge on any atom is -0.508 e. The average molecular weight is 328 g/mol. The molecular weight excluding hydrogens is 296 g/mol.